The third kappa shape index (κ3) is 4.07. The molecule has 2 rings (SSSR count). The summed E-state index contributed by atoms with van der Waals surface area (Å²) in [5.41, 5.74) is 2.28. The topological polar surface area (TPSA) is 37.3 Å². The minimum absolute atomic E-state index is 0.349. The Morgan fingerprint density at radius 3 is 2.50 bits per heavy atom. The molecule has 1 N–H and O–H groups in total. The first-order chi connectivity index (χ1) is 9.66. The van der Waals surface area contributed by atoms with Crippen LogP contribution >= 0.6 is 15.9 Å². The van der Waals surface area contributed by atoms with Crippen molar-refractivity contribution in [2.75, 3.05) is 0 Å². The van der Waals surface area contributed by atoms with Crippen LogP contribution in [0.1, 0.15) is 17.5 Å². The highest BCUT2D eigenvalue weighted by molar-refractivity contribution is 9.10. The number of hydrogen-bond acceptors (Lipinski definition) is 1. The Labute approximate surface area is 126 Å². The number of hydrogen-bond donors (Lipinski definition) is 1. The van der Waals surface area contributed by atoms with Crippen LogP contribution in [0, 0.1) is 0 Å². The van der Waals surface area contributed by atoms with Gasteiger partial charge in [0.2, 0.25) is 0 Å². The van der Waals surface area contributed by atoms with Crippen LogP contribution < -0.4 is 0 Å². The molecule has 3 heteroatoms. The molecule has 2 aromatic rings. The highest BCUT2D eigenvalue weighted by atomic mass is 79.9. The van der Waals surface area contributed by atoms with Crippen LogP contribution in [0.25, 0.3) is 5.57 Å². The Kier molecular flexibility index (Phi) is 5.13. The predicted octanol–water partition coefficient (Wildman–Crippen LogP) is 4.55. The second kappa shape index (κ2) is 7.06. The van der Waals surface area contributed by atoms with Crippen molar-refractivity contribution in [2.24, 2.45) is 0 Å². The molecule has 2 nitrogen and oxygen atoms in total. The molecule has 0 bridgehead atoms. The summed E-state index contributed by atoms with van der Waals surface area (Å²) >= 11 is 3.36. The number of carbonyl (C=O) groups is 1. The molecule has 0 atom stereocenters. The molecule has 102 valence electrons. The molecule has 0 heterocycles. The molecule has 0 aromatic heterocycles. The predicted molar refractivity (Wildman–Crippen MR) is 84.5 cm³/mol. The quantitative estimate of drug-likeness (QED) is 0.816. The van der Waals surface area contributed by atoms with Gasteiger partial charge in [0, 0.05) is 4.47 Å². The Hall–Kier alpha value is -1.87. The number of carboxylic acid groups (broad SMARTS) is 1. The summed E-state index contributed by atoms with van der Waals surface area (Å²) in [7, 11) is 0. The maximum Gasteiger partial charge on any atom is 0.335 e. The summed E-state index contributed by atoms with van der Waals surface area (Å²) in [5.74, 6) is -0.892. The Bertz CT molecular complexity index is 618. The fraction of sp³-hybridized carbons (Fsp3) is 0.118. The Morgan fingerprint density at radius 2 is 1.85 bits per heavy atom. The molecule has 0 amide bonds. The zero-order valence-electron chi connectivity index (χ0n) is 10.9. The molecule has 0 unspecified atom stereocenters. The summed E-state index contributed by atoms with van der Waals surface area (Å²) in [4.78, 5) is 11.4. The van der Waals surface area contributed by atoms with E-state index in [0.717, 1.165) is 16.5 Å². The lowest BCUT2D eigenvalue weighted by Gasteiger charge is -2.04. The van der Waals surface area contributed by atoms with Gasteiger partial charge in [-0.2, -0.15) is 0 Å². The van der Waals surface area contributed by atoms with Crippen LogP contribution in [0.5, 0.6) is 0 Å². The number of aryl methyl sites for hydroxylation is 1. The first kappa shape index (κ1) is 14.5. The molecule has 0 saturated carbocycles. The monoisotopic (exact) mass is 330 g/mol. The number of halogens is 1. The van der Waals surface area contributed by atoms with Crippen LogP contribution in [0.3, 0.4) is 0 Å². The summed E-state index contributed by atoms with van der Waals surface area (Å²) in [6.45, 7) is 0. The first-order valence-corrected chi connectivity index (χ1v) is 7.19. The van der Waals surface area contributed by atoms with Crippen LogP contribution in [0.4, 0.5) is 0 Å². The van der Waals surface area contributed by atoms with E-state index in [1.807, 2.05) is 54.6 Å². The first-order valence-electron chi connectivity index (χ1n) is 6.40. The van der Waals surface area contributed by atoms with Gasteiger partial charge in [-0.25, -0.2) is 4.79 Å². The van der Waals surface area contributed by atoms with Gasteiger partial charge in [0.05, 0.1) is 5.57 Å². The Balaban J connectivity index is 2.13. The van der Waals surface area contributed by atoms with Gasteiger partial charge in [-0.1, -0.05) is 64.5 Å². The minimum atomic E-state index is -0.892. The minimum Gasteiger partial charge on any atom is -0.478 e. The summed E-state index contributed by atoms with van der Waals surface area (Å²) in [5, 5.41) is 9.33. The summed E-state index contributed by atoms with van der Waals surface area (Å²) in [6.07, 6.45) is 3.33. The van der Waals surface area contributed by atoms with Crippen molar-refractivity contribution in [1.82, 2.24) is 0 Å². The molecule has 0 aliphatic rings. The number of carboxylic acids is 1. The fourth-order valence-electron chi connectivity index (χ4n) is 2.01. The number of allylic oxidation sites excluding steroid dienone is 1. The van der Waals surface area contributed by atoms with E-state index < -0.39 is 5.97 Å². The molecule has 0 aliphatic carbocycles. The molecule has 0 radical (unpaired) electrons. The average molecular weight is 331 g/mol. The lowest BCUT2D eigenvalue weighted by Crippen LogP contribution is -2.00. The third-order valence-electron chi connectivity index (χ3n) is 2.99. The van der Waals surface area contributed by atoms with Crippen molar-refractivity contribution in [2.45, 2.75) is 12.8 Å². The van der Waals surface area contributed by atoms with Gasteiger partial charge < -0.3 is 5.11 Å². The van der Waals surface area contributed by atoms with Gasteiger partial charge in [0.25, 0.3) is 0 Å². The van der Waals surface area contributed by atoms with E-state index in [2.05, 4.69) is 15.9 Å². The molecule has 0 aliphatic heterocycles. The maximum atomic E-state index is 11.4. The largest absolute Gasteiger partial charge is 0.478 e. The van der Waals surface area contributed by atoms with E-state index in [0.29, 0.717) is 12.0 Å². The van der Waals surface area contributed by atoms with E-state index in [9.17, 15) is 9.90 Å². The highest BCUT2D eigenvalue weighted by Crippen LogP contribution is 2.20. The molecular weight excluding hydrogens is 316 g/mol. The van der Waals surface area contributed by atoms with Crippen molar-refractivity contribution >= 4 is 27.5 Å². The average Bonchev–Trinajstić information content (AvgIpc) is 2.44. The zero-order chi connectivity index (χ0) is 14.4. The van der Waals surface area contributed by atoms with Gasteiger partial charge >= 0.3 is 5.97 Å². The van der Waals surface area contributed by atoms with Crippen LogP contribution in [-0.4, -0.2) is 11.1 Å². The molecule has 20 heavy (non-hydrogen) atoms. The molecule has 0 fully saturated rings. The second-order valence-electron chi connectivity index (χ2n) is 4.46. The lowest BCUT2D eigenvalue weighted by atomic mass is 10.0. The van der Waals surface area contributed by atoms with Gasteiger partial charge in [0.1, 0.15) is 0 Å². The van der Waals surface area contributed by atoms with E-state index in [1.165, 1.54) is 5.56 Å². The van der Waals surface area contributed by atoms with Gasteiger partial charge in [-0.05, 0) is 36.1 Å². The van der Waals surface area contributed by atoms with Crippen molar-refractivity contribution < 1.29 is 9.90 Å². The molecule has 2 aromatic carbocycles. The van der Waals surface area contributed by atoms with E-state index >= 15 is 0 Å². The fourth-order valence-corrected chi connectivity index (χ4v) is 2.41. The van der Waals surface area contributed by atoms with Crippen molar-refractivity contribution in [3.05, 3.63) is 76.3 Å². The molecule has 0 saturated heterocycles. The van der Waals surface area contributed by atoms with E-state index in [1.54, 1.807) is 6.08 Å². The zero-order valence-corrected chi connectivity index (χ0v) is 12.5. The SMILES string of the molecule is O=C(O)/C(=C/CCc1ccccc1)c1cccc(Br)c1. The van der Waals surface area contributed by atoms with Crippen molar-refractivity contribution in [3.63, 3.8) is 0 Å². The molecule has 0 spiro atoms. The van der Waals surface area contributed by atoms with Gasteiger partial charge in [-0.15, -0.1) is 0 Å². The van der Waals surface area contributed by atoms with E-state index in [4.69, 9.17) is 0 Å². The summed E-state index contributed by atoms with van der Waals surface area (Å²) < 4.78 is 0.880. The van der Waals surface area contributed by atoms with E-state index in [-0.39, 0.29) is 0 Å². The van der Waals surface area contributed by atoms with Crippen molar-refractivity contribution in [3.8, 4) is 0 Å². The van der Waals surface area contributed by atoms with Crippen molar-refractivity contribution in [1.29, 1.82) is 0 Å². The van der Waals surface area contributed by atoms with Gasteiger partial charge in [0.15, 0.2) is 0 Å². The Morgan fingerprint density at radius 1 is 1.10 bits per heavy atom. The highest BCUT2D eigenvalue weighted by Gasteiger charge is 2.09. The maximum absolute atomic E-state index is 11.4. The van der Waals surface area contributed by atoms with Crippen LogP contribution in [-0.2, 0) is 11.2 Å². The second-order valence-corrected chi connectivity index (χ2v) is 5.37. The standard InChI is InChI=1S/C17H15BrO2/c18-15-10-5-9-14(12-15)16(17(19)20)11-4-8-13-6-2-1-3-7-13/h1-3,5-7,9-12H,4,8H2,(H,19,20)/b16-11+. The van der Waals surface area contributed by atoms with Crippen LogP contribution in [0.15, 0.2) is 65.1 Å². The molecular formula is C17H15BrO2. The number of aliphatic carboxylic acids is 1. The lowest BCUT2D eigenvalue weighted by molar-refractivity contribution is -0.130. The van der Waals surface area contributed by atoms with Crippen LogP contribution in [0.2, 0.25) is 0 Å². The van der Waals surface area contributed by atoms with Gasteiger partial charge in [-0.3, -0.25) is 0 Å². The summed E-state index contributed by atoms with van der Waals surface area (Å²) in [6, 6.07) is 17.4. The smallest absolute Gasteiger partial charge is 0.335 e. The number of benzene rings is 2. The normalized spacial score (nSPS) is 11.3. The third-order valence-corrected chi connectivity index (χ3v) is 3.48. The number of rotatable bonds is 5.